The standard InChI is InChI=1S/C20H22N2O4S/c1-14(2)20(16-7-8-18-19(12-16)26-10-4-9-25-18)22-27(23,24)17-6-3-5-15(11-17)13-21/h3,5-8,11-12,14,20,22H,4,9-10H2,1-2H3/t20-/m0/s1. The van der Waals surface area contributed by atoms with Crippen molar-refractivity contribution in [3.05, 3.63) is 53.6 Å². The van der Waals surface area contributed by atoms with Gasteiger partial charge >= 0.3 is 0 Å². The first-order valence-electron chi connectivity index (χ1n) is 8.83. The molecule has 1 aliphatic heterocycles. The minimum atomic E-state index is -3.79. The number of ether oxygens (including phenoxy) is 2. The highest BCUT2D eigenvalue weighted by Gasteiger charge is 2.25. The maximum absolute atomic E-state index is 12.9. The highest BCUT2D eigenvalue weighted by atomic mass is 32.2. The molecular weight excluding hydrogens is 364 g/mol. The van der Waals surface area contributed by atoms with Gasteiger partial charge in [-0.15, -0.1) is 0 Å². The average Bonchev–Trinajstić information content (AvgIpc) is 2.90. The molecule has 0 unspecified atom stereocenters. The Balaban J connectivity index is 1.92. The van der Waals surface area contributed by atoms with Crippen LogP contribution in [0.15, 0.2) is 47.4 Å². The molecule has 0 fully saturated rings. The number of hydrogen-bond donors (Lipinski definition) is 1. The van der Waals surface area contributed by atoms with E-state index in [9.17, 15) is 8.42 Å². The van der Waals surface area contributed by atoms with Crippen molar-refractivity contribution in [3.63, 3.8) is 0 Å². The number of rotatable bonds is 5. The van der Waals surface area contributed by atoms with E-state index < -0.39 is 16.1 Å². The van der Waals surface area contributed by atoms with E-state index in [0.29, 0.717) is 30.3 Å². The molecule has 3 rings (SSSR count). The van der Waals surface area contributed by atoms with Gasteiger partial charge in [0.25, 0.3) is 0 Å². The van der Waals surface area contributed by atoms with Gasteiger partial charge in [0, 0.05) is 12.5 Å². The monoisotopic (exact) mass is 386 g/mol. The predicted octanol–water partition coefficient (Wildman–Crippen LogP) is 3.40. The third-order valence-corrected chi connectivity index (χ3v) is 5.79. The summed E-state index contributed by atoms with van der Waals surface area (Å²) >= 11 is 0. The normalized spacial score (nSPS) is 15.0. The van der Waals surface area contributed by atoms with Crippen molar-refractivity contribution in [2.45, 2.75) is 31.2 Å². The van der Waals surface area contributed by atoms with Crippen LogP contribution in [0.4, 0.5) is 0 Å². The number of sulfonamides is 1. The third kappa shape index (κ3) is 4.41. The van der Waals surface area contributed by atoms with Gasteiger partial charge in [-0.05, 0) is 41.8 Å². The first-order chi connectivity index (χ1) is 12.9. The van der Waals surface area contributed by atoms with Crippen molar-refractivity contribution in [2.24, 2.45) is 5.92 Å². The molecule has 1 heterocycles. The SMILES string of the molecule is CC(C)[C@H](NS(=O)(=O)c1cccc(C#N)c1)c1ccc2c(c1)OCCCO2. The Morgan fingerprint density at radius 3 is 2.52 bits per heavy atom. The molecule has 0 saturated carbocycles. The van der Waals surface area contributed by atoms with Crippen LogP contribution in [0.1, 0.15) is 37.4 Å². The summed E-state index contributed by atoms with van der Waals surface area (Å²) in [6, 6.07) is 13.0. The van der Waals surface area contributed by atoms with Crippen LogP contribution < -0.4 is 14.2 Å². The second-order valence-electron chi connectivity index (χ2n) is 6.74. The number of nitrogens with one attached hydrogen (secondary N) is 1. The summed E-state index contributed by atoms with van der Waals surface area (Å²) in [5, 5.41) is 9.02. The van der Waals surface area contributed by atoms with Gasteiger partial charge in [0.1, 0.15) is 0 Å². The van der Waals surface area contributed by atoms with Gasteiger partial charge in [0.15, 0.2) is 11.5 Å². The van der Waals surface area contributed by atoms with Gasteiger partial charge < -0.3 is 9.47 Å². The minimum absolute atomic E-state index is 0.00340. The first-order valence-corrected chi connectivity index (χ1v) is 10.3. The third-order valence-electron chi connectivity index (χ3n) is 4.35. The molecule has 27 heavy (non-hydrogen) atoms. The number of fused-ring (bicyclic) bond motifs is 1. The van der Waals surface area contributed by atoms with Crippen molar-refractivity contribution >= 4 is 10.0 Å². The van der Waals surface area contributed by atoms with Gasteiger partial charge in [-0.25, -0.2) is 13.1 Å². The molecule has 0 radical (unpaired) electrons. The molecular formula is C20H22N2O4S. The zero-order valence-electron chi connectivity index (χ0n) is 15.3. The summed E-state index contributed by atoms with van der Waals surface area (Å²) in [6.07, 6.45) is 0.805. The van der Waals surface area contributed by atoms with Crippen LogP contribution in [-0.2, 0) is 10.0 Å². The lowest BCUT2D eigenvalue weighted by atomic mass is 9.97. The Bertz CT molecular complexity index is 964. The van der Waals surface area contributed by atoms with Crippen molar-refractivity contribution in [3.8, 4) is 17.6 Å². The molecule has 0 bridgehead atoms. The minimum Gasteiger partial charge on any atom is -0.490 e. The summed E-state index contributed by atoms with van der Waals surface area (Å²) in [7, 11) is -3.79. The fourth-order valence-electron chi connectivity index (χ4n) is 2.93. The fraction of sp³-hybridized carbons (Fsp3) is 0.350. The Hall–Kier alpha value is -2.56. The maximum atomic E-state index is 12.9. The fourth-order valence-corrected chi connectivity index (χ4v) is 4.35. The lowest BCUT2D eigenvalue weighted by molar-refractivity contribution is 0.297. The van der Waals surface area contributed by atoms with E-state index in [1.807, 2.05) is 38.1 Å². The van der Waals surface area contributed by atoms with Crippen LogP contribution in [0.2, 0.25) is 0 Å². The smallest absolute Gasteiger partial charge is 0.241 e. The second kappa shape index (κ2) is 7.99. The molecule has 0 aromatic heterocycles. The molecule has 2 aromatic rings. The number of benzene rings is 2. The van der Waals surface area contributed by atoms with E-state index in [4.69, 9.17) is 14.7 Å². The van der Waals surface area contributed by atoms with E-state index in [-0.39, 0.29) is 10.8 Å². The lowest BCUT2D eigenvalue weighted by Gasteiger charge is -2.23. The van der Waals surface area contributed by atoms with Crippen molar-refractivity contribution in [2.75, 3.05) is 13.2 Å². The van der Waals surface area contributed by atoms with Gasteiger partial charge in [0.05, 0.1) is 29.7 Å². The van der Waals surface area contributed by atoms with E-state index in [0.717, 1.165) is 12.0 Å². The maximum Gasteiger partial charge on any atom is 0.241 e. The van der Waals surface area contributed by atoms with Crippen LogP contribution in [0.3, 0.4) is 0 Å². The topological polar surface area (TPSA) is 88.4 Å². The van der Waals surface area contributed by atoms with Gasteiger partial charge in [-0.3, -0.25) is 0 Å². The van der Waals surface area contributed by atoms with E-state index in [1.54, 1.807) is 12.1 Å². The highest BCUT2D eigenvalue weighted by molar-refractivity contribution is 7.89. The first kappa shape index (κ1) is 19.2. The molecule has 7 heteroatoms. The lowest BCUT2D eigenvalue weighted by Crippen LogP contribution is -2.31. The Kier molecular flexibility index (Phi) is 5.68. The zero-order valence-corrected chi connectivity index (χ0v) is 16.1. The van der Waals surface area contributed by atoms with Gasteiger partial charge in [-0.1, -0.05) is 26.0 Å². The average molecular weight is 386 g/mol. The molecule has 6 nitrogen and oxygen atoms in total. The van der Waals surface area contributed by atoms with Crippen LogP contribution in [-0.4, -0.2) is 21.6 Å². The zero-order chi connectivity index (χ0) is 19.4. The molecule has 0 aliphatic carbocycles. The van der Waals surface area contributed by atoms with Crippen molar-refractivity contribution in [1.29, 1.82) is 5.26 Å². The molecule has 0 saturated heterocycles. The molecule has 0 amide bonds. The van der Waals surface area contributed by atoms with E-state index >= 15 is 0 Å². The van der Waals surface area contributed by atoms with Crippen LogP contribution in [0.5, 0.6) is 11.5 Å². The van der Waals surface area contributed by atoms with Crippen LogP contribution in [0.25, 0.3) is 0 Å². The molecule has 1 atom stereocenters. The van der Waals surface area contributed by atoms with Crippen LogP contribution in [0, 0.1) is 17.2 Å². The Labute approximate surface area is 159 Å². The quantitative estimate of drug-likeness (QED) is 0.851. The molecule has 1 N–H and O–H groups in total. The molecule has 142 valence electrons. The molecule has 1 aliphatic rings. The summed E-state index contributed by atoms with van der Waals surface area (Å²) in [4.78, 5) is 0.0709. The van der Waals surface area contributed by atoms with Gasteiger partial charge in [-0.2, -0.15) is 5.26 Å². The molecule has 2 aromatic carbocycles. The number of nitriles is 1. The van der Waals surface area contributed by atoms with E-state index in [2.05, 4.69) is 4.72 Å². The van der Waals surface area contributed by atoms with Crippen molar-refractivity contribution < 1.29 is 17.9 Å². The summed E-state index contributed by atoms with van der Waals surface area (Å²) in [6.45, 7) is 5.06. The largest absolute Gasteiger partial charge is 0.490 e. The molecule has 0 spiro atoms. The number of hydrogen-bond acceptors (Lipinski definition) is 5. The Morgan fingerprint density at radius 2 is 1.81 bits per heavy atom. The Morgan fingerprint density at radius 1 is 1.07 bits per heavy atom. The van der Waals surface area contributed by atoms with Gasteiger partial charge in [0.2, 0.25) is 10.0 Å². The number of nitrogens with zero attached hydrogens (tertiary/aromatic N) is 1. The highest BCUT2D eigenvalue weighted by Crippen LogP contribution is 2.34. The van der Waals surface area contributed by atoms with E-state index in [1.165, 1.54) is 12.1 Å². The van der Waals surface area contributed by atoms with Crippen molar-refractivity contribution in [1.82, 2.24) is 4.72 Å². The predicted molar refractivity (Wildman–Crippen MR) is 101 cm³/mol. The summed E-state index contributed by atoms with van der Waals surface area (Å²) in [5.41, 5.74) is 1.10. The summed E-state index contributed by atoms with van der Waals surface area (Å²) in [5.74, 6) is 1.30. The summed E-state index contributed by atoms with van der Waals surface area (Å²) < 4.78 is 39.8. The van der Waals surface area contributed by atoms with Crippen LogP contribution >= 0.6 is 0 Å². The second-order valence-corrected chi connectivity index (χ2v) is 8.45.